The third-order valence-corrected chi connectivity index (χ3v) is 3.48. The first-order valence-corrected chi connectivity index (χ1v) is 6.70. The highest BCUT2D eigenvalue weighted by molar-refractivity contribution is 6.01. The topological polar surface area (TPSA) is 101 Å². The van der Waals surface area contributed by atoms with Crippen LogP contribution < -0.4 is 4.90 Å². The number of hydrogen-bond donors (Lipinski definition) is 3. The summed E-state index contributed by atoms with van der Waals surface area (Å²) in [5, 5.41) is 27.4. The number of carboxylic acid groups (broad SMARTS) is 1. The molecule has 1 aliphatic heterocycles. The number of benzene rings is 1. The summed E-state index contributed by atoms with van der Waals surface area (Å²) in [6, 6.07) is 5.55. The van der Waals surface area contributed by atoms with Crippen LogP contribution in [0.15, 0.2) is 24.3 Å². The highest BCUT2D eigenvalue weighted by Gasteiger charge is 2.39. The smallest absolute Gasteiger partial charge is 0.327 e. The minimum Gasteiger partial charge on any atom is -0.480 e. The summed E-state index contributed by atoms with van der Waals surface area (Å²) in [5.74, 6) is -1.08. The zero-order chi connectivity index (χ0) is 15.4. The molecule has 0 unspecified atom stereocenters. The third-order valence-electron chi connectivity index (χ3n) is 3.48. The van der Waals surface area contributed by atoms with Crippen LogP contribution in [0, 0.1) is 0 Å². The van der Waals surface area contributed by atoms with E-state index < -0.39 is 18.0 Å². The van der Waals surface area contributed by atoms with Gasteiger partial charge in [0.1, 0.15) is 6.04 Å². The predicted molar refractivity (Wildman–Crippen MR) is 75.2 cm³/mol. The molecule has 0 fully saturated rings. The number of fused-ring (bicyclic) bond motifs is 1. The zero-order valence-electron chi connectivity index (χ0n) is 11.5. The summed E-state index contributed by atoms with van der Waals surface area (Å²) in [5.41, 5.74) is 1.36. The summed E-state index contributed by atoms with van der Waals surface area (Å²) in [4.78, 5) is 26.5. The molecule has 1 aromatic carbocycles. The van der Waals surface area contributed by atoms with E-state index in [0.29, 0.717) is 5.69 Å². The largest absolute Gasteiger partial charge is 0.480 e. The Labute approximate surface area is 122 Å². The average molecular weight is 294 g/mol. The molecular formula is C14H18N2O5. The number of urea groups is 1. The summed E-state index contributed by atoms with van der Waals surface area (Å²) in [6.45, 7) is -0.410. The number of amides is 2. The molecule has 114 valence electrons. The second-order valence-electron chi connectivity index (χ2n) is 4.77. The molecule has 3 N–H and O–H groups in total. The number of nitrogens with zero attached hydrogens (tertiary/aromatic N) is 2. The number of aliphatic carboxylic acids is 1. The lowest BCUT2D eigenvalue weighted by Gasteiger charge is -2.30. The summed E-state index contributed by atoms with van der Waals surface area (Å²) >= 11 is 0. The average Bonchev–Trinajstić information content (AvgIpc) is 2.86. The van der Waals surface area contributed by atoms with Gasteiger partial charge in [-0.05, 0) is 11.6 Å². The minimum absolute atomic E-state index is 0.0460. The highest BCUT2D eigenvalue weighted by atomic mass is 16.4. The Balaban J connectivity index is 2.33. The van der Waals surface area contributed by atoms with Crippen molar-refractivity contribution in [2.75, 3.05) is 31.2 Å². The van der Waals surface area contributed by atoms with Crippen molar-refractivity contribution < 1.29 is 24.9 Å². The van der Waals surface area contributed by atoms with Crippen molar-refractivity contribution in [2.24, 2.45) is 0 Å². The number of anilines is 1. The molecule has 0 saturated heterocycles. The Bertz CT molecular complexity index is 528. The molecule has 0 aliphatic carbocycles. The lowest BCUT2D eigenvalue weighted by molar-refractivity contribution is -0.138. The Morgan fingerprint density at radius 2 is 1.81 bits per heavy atom. The van der Waals surface area contributed by atoms with Crippen molar-refractivity contribution in [3.63, 3.8) is 0 Å². The van der Waals surface area contributed by atoms with Crippen LogP contribution >= 0.6 is 0 Å². The zero-order valence-corrected chi connectivity index (χ0v) is 11.5. The number of carboxylic acids is 1. The Morgan fingerprint density at radius 1 is 1.19 bits per heavy atom. The van der Waals surface area contributed by atoms with E-state index in [1.807, 2.05) is 0 Å². The Kier molecular flexibility index (Phi) is 4.77. The molecule has 1 aromatic rings. The fourth-order valence-corrected chi connectivity index (χ4v) is 2.52. The third kappa shape index (κ3) is 2.98. The van der Waals surface area contributed by atoms with Crippen LogP contribution in [0.25, 0.3) is 0 Å². The molecule has 0 spiro atoms. The first-order chi connectivity index (χ1) is 10.1. The van der Waals surface area contributed by atoms with Gasteiger partial charge in [0.2, 0.25) is 0 Å². The van der Waals surface area contributed by atoms with Gasteiger partial charge in [-0.3, -0.25) is 4.90 Å². The van der Waals surface area contributed by atoms with Crippen LogP contribution in [0.4, 0.5) is 10.5 Å². The predicted octanol–water partition coefficient (Wildman–Crippen LogP) is -0.0911. The lowest BCUT2D eigenvalue weighted by atomic mass is 10.1. The fourth-order valence-electron chi connectivity index (χ4n) is 2.52. The molecule has 2 amide bonds. The van der Waals surface area contributed by atoms with Crippen molar-refractivity contribution in [3.8, 4) is 0 Å². The quantitative estimate of drug-likeness (QED) is 0.704. The van der Waals surface area contributed by atoms with Gasteiger partial charge in [0.25, 0.3) is 0 Å². The molecule has 21 heavy (non-hydrogen) atoms. The molecule has 7 heteroatoms. The fraction of sp³-hybridized carbons (Fsp3) is 0.429. The monoisotopic (exact) mass is 294 g/mol. The first kappa shape index (κ1) is 15.3. The molecule has 0 radical (unpaired) electrons. The number of para-hydroxylation sites is 1. The van der Waals surface area contributed by atoms with Crippen LogP contribution in [0.5, 0.6) is 0 Å². The van der Waals surface area contributed by atoms with E-state index in [0.717, 1.165) is 5.56 Å². The second kappa shape index (κ2) is 6.55. The van der Waals surface area contributed by atoms with Gasteiger partial charge in [0.05, 0.1) is 13.2 Å². The Morgan fingerprint density at radius 3 is 2.38 bits per heavy atom. The van der Waals surface area contributed by atoms with E-state index in [9.17, 15) is 14.7 Å². The maximum atomic E-state index is 12.6. The van der Waals surface area contributed by atoms with Crippen molar-refractivity contribution in [2.45, 2.75) is 12.5 Å². The van der Waals surface area contributed by atoms with Gasteiger partial charge in [-0.15, -0.1) is 0 Å². The van der Waals surface area contributed by atoms with E-state index in [2.05, 4.69) is 0 Å². The number of hydrogen-bond acceptors (Lipinski definition) is 4. The lowest BCUT2D eigenvalue weighted by Crippen LogP contribution is -2.51. The SMILES string of the molecule is O=C(O)[C@@H]1Cc2ccccc2N1C(=O)N(CCO)CCO. The molecule has 0 bridgehead atoms. The maximum absolute atomic E-state index is 12.6. The van der Waals surface area contributed by atoms with Crippen molar-refractivity contribution in [3.05, 3.63) is 29.8 Å². The van der Waals surface area contributed by atoms with Gasteiger partial charge >= 0.3 is 12.0 Å². The molecular weight excluding hydrogens is 276 g/mol. The van der Waals surface area contributed by atoms with Gasteiger partial charge < -0.3 is 20.2 Å². The number of carbonyl (C=O) groups is 2. The summed E-state index contributed by atoms with van der Waals surface area (Å²) in [7, 11) is 0. The molecule has 0 saturated carbocycles. The molecule has 2 rings (SSSR count). The number of aliphatic hydroxyl groups is 2. The van der Waals surface area contributed by atoms with Crippen molar-refractivity contribution in [1.29, 1.82) is 0 Å². The highest BCUT2D eigenvalue weighted by Crippen LogP contribution is 2.33. The molecule has 1 heterocycles. The molecule has 1 atom stereocenters. The summed E-state index contributed by atoms with van der Waals surface area (Å²) < 4.78 is 0. The summed E-state index contributed by atoms with van der Waals surface area (Å²) in [6.07, 6.45) is 0.253. The van der Waals surface area contributed by atoms with E-state index in [1.54, 1.807) is 24.3 Å². The Hall–Kier alpha value is -2.12. The van der Waals surface area contributed by atoms with Gasteiger partial charge in [-0.25, -0.2) is 9.59 Å². The standard InChI is InChI=1S/C14H18N2O5/c17-7-5-15(6-8-18)14(21)16-11-4-2-1-3-10(11)9-12(16)13(19)20/h1-4,12,17-18H,5-9H2,(H,19,20)/t12-/m0/s1. The number of aliphatic hydroxyl groups excluding tert-OH is 2. The van der Waals surface area contributed by atoms with Crippen LogP contribution in [0.2, 0.25) is 0 Å². The van der Waals surface area contributed by atoms with Crippen LogP contribution in [-0.4, -0.2) is 64.6 Å². The molecule has 0 aromatic heterocycles. The molecule has 1 aliphatic rings. The van der Waals surface area contributed by atoms with Gasteiger partial charge in [0.15, 0.2) is 0 Å². The van der Waals surface area contributed by atoms with Crippen LogP contribution in [0.3, 0.4) is 0 Å². The number of carbonyl (C=O) groups excluding carboxylic acids is 1. The van der Waals surface area contributed by atoms with E-state index >= 15 is 0 Å². The maximum Gasteiger partial charge on any atom is 0.327 e. The van der Waals surface area contributed by atoms with Gasteiger partial charge in [0, 0.05) is 25.2 Å². The normalized spacial score (nSPS) is 16.7. The second-order valence-corrected chi connectivity index (χ2v) is 4.77. The van der Waals surface area contributed by atoms with E-state index in [1.165, 1.54) is 9.80 Å². The minimum atomic E-state index is -1.08. The van der Waals surface area contributed by atoms with Gasteiger partial charge in [-0.1, -0.05) is 18.2 Å². The van der Waals surface area contributed by atoms with Crippen molar-refractivity contribution >= 4 is 17.7 Å². The first-order valence-electron chi connectivity index (χ1n) is 6.70. The van der Waals surface area contributed by atoms with E-state index in [-0.39, 0.29) is 32.7 Å². The van der Waals surface area contributed by atoms with Crippen LogP contribution in [0.1, 0.15) is 5.56 Å². The van der Waals surface area contributed by atoms with Crippen molar-refractivity contribution in [1.82, 2.24) is 4.90 Å². The van der Waals surface area contributed by atoms with Crippen LogP contribution in [-0.2, 0) is 11.2 Å². The van der Waals surface area contributed by atoms with E-state index in [4.69, 9.17) is 10.2 Å². The van der Waals surface area contributed by atoms with Gasteiger partial charge in [-0.2, -0.15) is 0 Å². The number of rotatable bonds is 5. The molecule has 7 nitrogen and oxygen atoms in total.